The van der Waals surface area contributed by atoms with Gasteiger partial charge in [-0.1, -0.05) is 13.8 Å². The largest absolute Gasteiger partial charge is 0.508 e. The molecule has 152 valence electrons. The van der Waals surface area contributed by atoms with Crippen molar-refractivity contribution in [1.82, 2.24) is 0 Å². The molecule has 2 aromatic rings. The van der Waals surface area contributed by atoms with Crippen molar-refractivity contribution in [3.05, 3.63) is 47.0 Å². The second kappa shape index (κ2) is 10.1. The molecule has 0 aliphatic rings. The number of benzene rings is 2. The van der Waals surface area contributed by atoms with Crippen molar-refractivity contribution < 1.29 is 24.1 Å². The molecule has 6 heteroatoms. The molecule has 2 N–H and O–H groups in total. The van der Waals surface area contributed by atoms with Crippen molar-refractivity contribution in [2.45, 2.75) is 33.6 Å². The molecule has 0 aromatic heterocycles. The first-order chi connectivity index (χ1) is 13.3. The fourth-order valence-electron chi connectivity index (χ4n) is 2.86. The molecule has 1 amide bonds. The first kappa shape index (κ1) is 21.7. The average Bonchev–Trinajstić information content (AvgIpc) is 2.63. The first-order valence-electron chi connectivity index (χ1n) is 9.30. The maximum atomic E-state index is 12.0. The van der Waals surface area contributed by atoms with Crippen LogP contribution in [0.5, 0.6) is 17.2 Å². The third-order valence-corrected chi connectivity index (χ3v) is 4.25. The Morgan fingerprint density at radius 1 is 1.11 bits per heavy atom. The monoisotopic (exact) mass is 387 g/mol. The summed E-state index contributed by atoms with van der Waals surface area (Å²) < 4.78 is 16.2. The average molecular weight is 387 g/mol. The molecule has 0 unspecified atom stereocenters. The molecule has 2 rings (SSSR count). The molecule has 0 fully saturated rings. The lowest BCUT2D eigenvalue weighted by Crippen LogP contribution is -2.19. The minimum atomic E-state index is -0.219. The normalized spacial score (nSPS) is 10.9. The molecule has 0 aliphatic carbocycles. The molecule has 0 bridgehead atoms. The lowest BCUT2D eigenvalue weighted by molar-refractivity contribution is -0.121. The number of hydrogen-bond acceptors (Lipinski definition) is 5. The Morgan fingerprint density at radius 2 is 1.79 bits per heavy atom. The molecule has 0 heterocycles. The number of rotatable bonds is 9. The molecule has 0 saturated carbocycles. The number of anilines is 1. The number of carbonyl (C=O) groups is 1. The Bertz CT molecular complexity index is 794. The highest BCUT2D eigenvalue weighted by Crippen LogP contribution is 2.35. The van der Waals surface area contributed by atoms with E-state index in [-0.39, 0.29) is 24.2 Å². The van der Waals surface area contributed by atoms with Gasteiger partial charge >= 0.3 is 0 Å². The predicted octanol–water partition coefficient (Wildman–Crippen LogP) is 4.53. The highest BCUT2D eigenvalue weighted by molar-refractivity contribution is 5.92. The van der Waals surface area contributed by atoms with Gasteiger partial charge in [-0.2, -0.15) is 0 Å². The second-order valence-corrected chi connectivity index (χ2v) is 7.01. The van der Waals surface area contributed by atoms with Crippen LogP contribution in [0.2, 0.25) is 0 Å². The number of methoxy groups -OCH3 is 1. The number of nitrogens with one attached hydrogen (secondary N) is 1. The van der Waals surface area contributed by atoms with E-state index < -0.39 is 0 Å². The molecular formula is C22H29NO5. The van der Waals surface area contributed by atoms with Crippen molar-refractivity contribution in [2.75, 3.05) is 32.2 Å². The van der Waals surface area contributed by atoms with E-state index >= 15 is 0 Å². The maximum absolute atomic E-state index is 12.0. The SMILES string of the molecule is COCCOCC(=O)Nc1cc(C)c(Oc2ccc(O)c(C(C)C)c2)c(C)c1. The van der Waals surface area contributed by atoms with Gasteiger partial charge in [-0.05, 0) is 61.2 Å². The van der Waals surface area contributed by atoms with Crippen molar-refractivity contribution >= 4 is 11.6 Å². The summed E-state index contributed by atoms with van der Waals surface area (Å²) in [6, 6.07) is 8.96. The zero-order chi connectivity index (χ0) is 20.7. The number of ether oxygens (including phenoxy) is 3. The number of phenols is 1. The van der Waals surface area contributed by atoms with Crippen LogP contribution in [0, 0.1) is 13.8 Å². The van der Waals surface area contributed by atoms with E-state index in [1.54, 1.807) is 19.2 Å². The van der Waals surface area contributed by atoms with Gasteiger partial charge in [0.15, 0.2) is 0 Å². The first-order valence-corrected chi connectivity index (χ1v) is 9.30. The van der Waals surface area contributed by atoms with Gasteiger partial charge in [-0.15, -0.1) is 0 Å². The van der Waals surface area contributed by atoms with Gasteiger partial charge in [0.1, 0.15) is 23.9 Å². The standard InChI is InChI=1S/C22H29NO5/c1-14(2)19-12-18(6-7-20(19)24)28-22-15(3)10-17(11-16(22)4)23-21(25)13-27-9-8-26-5/h6-7,10-12,14,24H,8-9,13H2,1-5H3,(H,23,25). The van der Waals surface area contributed by atoms with Gasteiger partial charge in [-0.3, -0.25) is 4.79 Å². The summed E-state index contributed by atoms with van der Waals surface area (Å²) in [6.07, 6.45) is 0. The highest BCUT2D eigenvalue weighted by atomic mass is 16.5. The summed E-state index contributed by atoms with van der Waals surface area (Å²) in [5, 5.41) is 12.8. The van der Waals surface area contributed by atoms with Gasteiger partial charge < -0.3 is 24.6 Å². The van der Waals surface area contributed by atoms with Gasteiger partial charge in [0.2, 0.25) is 5.91 Å². The van der Waals surface area contributed by atoms with Crippen LogP contribution in [-0.2, 0) is 14.3 Å². The number of amides is 1. The fourth-order valence-corrected chi connectivity index (χ4v) is 2.86. The van der Waals surface area contributed by atoms with E-state index in [1.165, 1.54) is 0 Å². The van der Waals surface area contributed by atoms with E-state index in [0.29, 0.717) is 24.7 Å². The minimum Gasteiger partial charge on any atom is -0.508 e. The maximum Gasteiger partial charge on any atom is 0.250 e. The molecule has 0 saturated heterocycles. The van der Waals surface area contributed by atoms with Crippen LogP contribution in [0.25, 0.3) is 0 Å². The molecule has 0 spiro atoms. The van der Waals surface area contributed by atoms with Crippen LogP contribution in [-0.4, -0.2) is 37.9 Å². The van der Waals surface area contributed by atoms with Crippen LogP contribution in [0.1, 0.15) is 36.5 Å². The van der Waals surface area contributed by atoms with E-state index in [1.807, 2.05) is 45.9 Å². The van der Waals surface area contributed by atoms with E-state index in [4.69, 9.17) is 14.2 Å². The Morgan fingerprint density at radius 3 is 2.39 bits per heavy atom. The van der Waals surface area contributed by atoms with E-state index in [2.05, 4.69) is 5.32 Å². The van der Waals surface area contributed by atoms with Gasteiger partial charge in [0.25, 0.3) is 0 Å². The van der Waals surface area contributed by atoms with Crippen molar-refractivity contribution in [3.63, 3.8) is 0 Å². The lowest BCUT2D eigenvalue weighted by atomic mass is 10.0. The number of aromatic hydroxyl groups is 1. The van der Waals surface area contributed by atoms with Crippen LogP contribution in [0.3, 0.4) is 0 Å². The number of carbonyl (C=O) groups excluding carboxylic acids is 1. The molecular weight excluding hydrogens is 358 g/mol. The minimum absolute atomic E-state index is 0.0226. The number of aryl methyl sites for hydroxylation is 2. The van der Waals surface area contributed by atoms with Crippen LogP contribution in [0.15, 0.2) is 30.3 Å². The smallest absolute Gasteiger partial charge is 0.250 e. The number of phenolic OH excluding ortho intramolecular Hbond substituents is 1. The molecule has 0 aliphatic heterocycles. The zero-order valence-corrected chi connectivity index (χ0v) is 17.2. The third-order valence-electron chi connectivity index (χ3n) is 4.25. The highest BCUT2D eigenvalue weighted by Gasteiger charge is 2.12. The quantitative estimate of drug-likeness (QED) is 0.618. The van der Waals surface area contributed by atoms with E-state index in [9.17, 15) is 9.90 Å². The topological polar surface area (TPSA) is 77.0 Å². The van der Waals surface area contributed by atoms with Crippen molar-refractivity contribution in [2.24, 2.45) is 0 Å². The van der Waals surface area contributed by atoms with Crippen LogP contribution in [0.4, 0.5) is 5.69 Å². The number of hydrogen-bond donors (Lipinski definition) is 2. The molecule has 6 nitrogen and oxygen atoms in total. The summed E-state index contributed by atoms with van der Waals surface area (Å²) in [7, 11) is 1.58. The van der Waals surface area contributed by atoms with Gasteiger partial charge in [-0.25, -0.2) is 0 Å². The van der Waals surface area contributed by atoms with Gasteiger partial charge in [0, 0.05) is 18.4 Å². The molecule has 2 aromatic carbocycles. The summed E-state index contributed by atoms with van der Waals surface area (Å²) in [5.74, 6) is 1.63. The van der Waals surface area contributed by atoms with Crippen molar-refractivity contribution in [3.8, 4) is 17.2 Å². The Hall–Kier alpha value is -2.57. The Balaban J connectivity index is 2.09. The Labute approximate surface area is 166 Å². The van der Waals surface area contributed by atoms with Crippen LogP contribution >= 0.6 is 0 Å². The zero-order valence-electron chi connectivity index (χ0n) is 17.2. The second-order valence-electron chi connectivity index (χ2n) is 7.01. The summed E-state index contributed by atoms with van der Waals surface area (Å²) in [4.78, 5) is 12.0. The Kier molecular flexibility index (Phi) is 7.84. The van der Waals surface area contributed by atoms with Crippen LogP contribution < -0.4 is 10.1 Å². The summed E-state index contributed by atoms with van der Waals surface area (Å²) >= 11 is 0. The predicted molar refractivity (Wildman–Crippen MR) is 110 cm³/mol. The molecule has 28 heavy (non-hydrogen) atoms. The summed E-state index contributed by atoms with van der Waals surface area (Å²) in [6.45, 7) is 8.70. The molecule has 0 atom stereocenters. The van der Waals surface area contributed by atoms with E-state index in [0.717, 1.165) is 22.4 Å². The van der Waals surface area contributed by atoms with Gasteiger partial charge in [0.05, 0.1) is 13.2 Å². The fraction of sp³-hybridized carbons (Fsp3) is 0.409. The van der Waals surface area contributed by atoms with Crippen molar-refractivity contribution in [1.29, 1.82) is 0 Å². The lowest BCUT2D eigenvalue weighted by Gasteiger charge is -2.16. The third kappa shape index (κ3) is 5.97. The molecule has 0 radical (unpaired) electrons. The summed E-state index contributed by atoms with van der Waals surface area (Å²) in [5.41, 5.74) is 3.32.